The lowest BCUT2D eigenvalue weighted by molar-refractivity contribution is 0.139. The van der Waals surface area contributed by atoms with E-state index >= 15 is 4.39 Å². The third-order valence-corrected chi connectivity index (χ3v) is 8.78. The minimum Gasteiger partial charge on any atom is -0.380 e. The number of hydrogen-bond acceptors (Lipinski definition) is 7. The van der Waals surface area contributed by atoms with Crippen LogP contribution >= 0.6 is 0 Å². The van der Waals surface area contributed by atoms with Crippen LogP contribution in [0.2, 0.25) is 0 Å². The van der Waals surface area contributed by atoms with Crippen LogP contribution in [-0.2, 0) is 20.3 Å². The van der Waals surface area contributed by atoms with E-state index in [4.69, 9.17) is 4.74 Å². The molecule has 37 heavy (non-hydrogen) atoms. The van der Waals surface area contributed by atoms with Gasteiger partial charge in [-0.1, -0.05) is 30.3 Å². The highest BCUT2D eigenvalue weighted by atomic mass is 32.2. The van der Waals surface area contributed by atoms with Gasteiger partial charge in [0.05, 0.1) is 24.3 Å². The molecule has 1 aromatic heterocycles. The number of sulfone groups is 1. The first-order chi connectivity index (χ1) is 17.8. The van der Waals surface area contributed by atoms with Gasteiger partial charge in [0.2, 0.25) is 0 Å². The van der Waals surface area contributed by atoms with Gasteiger partial charge in [0.15, 0.2) is 21.5 Å². The normalized spacial score (nSPS) is 19.0. The van der Waals surface area contributed by atoms with Crippen molar-refractivity contribution in [1.82, 2.24) is 19.9 Å². The van der Waals surface area contributed by atoms with E-state index in [0.717, 1.165) is 67.8 Å². The van der Waals surface area contributed by atoms with Crippen molar-refractivity contribution in [2.45, 2.75) is 31.6 Å². The van der Waals surface area contributed by atoms with Crippen LogP contribution in [-0.4, -0.2) is 79.5 Å². The van der Waals surface area contributed by atoms with Crippen molar-refractivity contribution >= 4 is 15.5 Å². The topological polar surface area (TPSA) is 80.6 Å². The zero-order valence-electron chi connectivity index (χ0n) is 20.8. The molecule has 2 aromatic carbocycles. The summed E-state index contributed by atoms with van der Waals surface area (Å²) in [6.07, 6.45) is 2.97. The second-order valence-corrected chi connectivity index (χ2v) is 11.8. The molecule has 2 saturated heterocycles. The zero-order valence-corrected chi connectivity index (χ0v) is 21.6. The molecule has 3 heterocycles. The number of nitrogens with zero attached hydrogens (tertiary/aromatic N) is 5. The maximum absolute atomic E-state index is 15.2. The summed E-state index contributed by atoms with van der Waals surface area (Å²) in [5.74, 6) is -2.35. The minimum absolute atomic E-state index is 0.0625. The molecule has 0 amide bonds. The van der Waals surface area contributed by atoms with E-state index in [0.29, 0.717) is 18.2 Å². The number of piperazine rings is 1. The van der Waals surface area contributed by atoms with Gasteiger partial charge in [-0.3, -0.25) is 4.90 Å². The Morgan fingerprint density at radius 1 is 1.11 bits per heavy atom. The van der Waals surface area contributed by atoms with Gasteiger partial charge in [-0.25, -0.2) is 21.9 Å². The zero-order chi connectivity index (χ0) is 26.0. The van der Waals surface area contributed by atoms with Gasteiger partial charge >= 0.3 is 0 Å². The van der Waals surface area contributed by atoms with Gasteiger partial charge in [0.1, 0.15) is 11.4 Å². The first-order valence-corrected chi connectivity index (χ1v) is 14.4. The highest BCUT2D eigenvalue weighted by Crippen LogP contribution is 2.27. The largest absolute Gasteiger partial charge is 0.380 e. The number of anilines is 1. The molecular formula is C26H31F2N5O3S. The SMILES string of the molecule is CCCS(=O)(=O)Cc1ccc(F)c(-n2cc(-c3cccc(N4CCN(C5CCOC5)CC4)c3)nn2)c1F. The number of hydrogen-bond donors (Lipinski definition) is 0. The molecule has 1 unspecified atom stereocenters. The number of halogens is 2. The van der Waals surface area contributed by atoms with Crippen molar-refractivity contribution in [3.63, 3.8) is 0 Å². The Kier molecular flexibility index (Phi) is 7.55. The third-order valence-electron chi connectivity index (χ3n) is 7.00. The van der Waals surface area contributed by atoms with E-state index in [1.165, 1.54) is 12.3 Å². The molecular weight excluding hydrogens is 500 g/mol. The number of benzene rings is 2. The van der Waals surface area contributed by atoms with E-state index in [1.807, 2.05) is 24.3 Å². The molecule has 0 radical (unpaired) electrons. The molecule has 0 N–H and O–H groups in total. The molecule has 198 valence electrons. The Hall–Kier alpha value is -2.89. The van der Waals surface area contributed by atoms with Crippen molar-refractivity contribution in [3.8, 4) is 16.9 Å². The van der Waals surface area contributed by atoms with Gasteiger partial charge < -0.3 is 9.64 Å². The van der Waals surface area contributed by atoms with Crippen LogP contribution in [0.5, 0.6) is 0 Å². The van der Waals surface area contributed by atoms with Gasteiger partial charge in [0.25, 0.3) is 0 Å². The van der Waals surface area contributed by atoms with Crippen molar-refractivity contribution in [2.75, 3.05) is 50.0 Å². The van der Waals surface area contributed by atoms with Crippen molar-refractivity contribution < 1.29 is 21.9 Å². The predicted molar refractivity (Wildman–Crippen MR) is 138 cm³/mol. The van der Waals surface area contributed by atoms with Crippen LogP contribution < -0.4 is 4.90 Å². The standard InChI is InChI=1S/C26H31F2N5O3S/c1-2-14-37(34,35)18-20-6-7-23(27)26(25(20)28)33-16-24(29-30-33)19-4-3-5-21(15-19)31-9-11-32(12-10-31)22-8-13-36-17-22/h3-7,15-16,22H,2,8-14,17-18H2,1H3. The number of aromatic nitrogens is 3. The Morgan fingerprint density at radius 3 is 2.65 bits per heavy atom. The molecule has 2 aliphatic rings. The van der Waals surface area contributed by atoms with Crippen LogP contribution in [0.4, 0.5) is 14.5 Å². The van der Waals surface area contributed by atoms with E-state index in [1.54, 1.807) is 6.92 Å². The quantitative estimate of drug-likeness (QED) is 0.441. The Bertz CT molecular complexity index is 1350. The molecule has 11 heteroatoms. The summed E-state index contributed by atoms with van der Waals surface area (Å²) in [6.45, 7) is 7.12. The van der Waals surface area contributed by atoms with E-state index in [-0.39, 0.29) is 11.3 Å². The maximum Gasteiger partial charge on any atom is 0.156 e. The Balaban J connectivity index is 1.34. The lowest BCUT2D eigenvalue weighted by Crippen LogP contribution is -2.50. The second kappa shape index (κ2) is 10.8. The first kappa shape index (κ1) is 25.7. The Morgan fingerprint density at radius 2 is 1.92 bits per heavy atom. The molecule has 8 nitrogen and oxygen atoms in total. The lowest BCUT2D eigenvalue weighted by Gasteiger charge is -2.38. The summed E-state index contributed by atoms with van der Waals surface area (Å²) in [5.41, 5.74) is 1.76. The van der Waals surface area contributed by atoms with Crippen LogP contribution in [0.1, 0.15) is 25.3 Å². The van der Waals surface area contributed by atoms with Crippen molar-refractivity contribution in [2.24, 2.45) is 0 Å². The average molecular weight is 532 g/mol. The fourth-order valence-corrected chi connectivity index (χ4v) is 6.51. The summed E-state index contributed by atoms with van der Waals surface area (Å²) in [6, 6.07) is 10.6. The van der Waals surface area contributed by atoms with Crippen LogP contribution in [0.15, 0.2) is 42.6 Å². The minimum atomic E-state index is -3.50. The number of rotatable bonds is 8. The first-order valence-electron chi connectivity index (χ1n) is 12.6. The smallest absolute Gasteiger partial charge is 0.156 e. The van der Waals surface area contributed by atoms with E-state index in [2.05, 4.69) is 20.1 Å². The summed E-state index contributed by atoms with van der Waals surface area (Å²) in [5, 5.41) is 8.11. The molecule has 0 saturated carbocycles. The summed E-state index contributed by atoms with van der Waals surface area (Å²) >= 11 is 0. The maximum atomic E-state index is 15.2. The number of ether oxygens (including phenoxy) is 1. The molecule has 0 spiro atoms. The Labute approximate surface area is 215 Å². The van der Waals surface area contributed by atoms with Crippen LogP contribution in [0.3, 0.4) is 0 Å². The fourth-order valence-electron chi connectivity index (χ4n) is 5.05. The summed E-state index contributed by atoms with van der Waals surface area (Å²) < 4.78 is 60.9. The van der Waals surface area contributed by atoms with Gasteiger partial charge in [-0.15, -0.1) is 5.10 Å². The predicted octanol–water partition coefficient (Wildman–Crippen LogP) is 3.45. The van der Waals surface area contributed by atoms with Gasteiger partial charge in [-0.05, 0) is 31.0 Å². The van der Waals surface area contributed by atoms with Gasteiger partial charge in [0, 0.05) is 55.6 Å². The van der Waals surface area contributed by atoms with E-state index < -0.39 is 32.9 Å². The molecule has 2 fully saturated rings. The molecule has 2 aliphatic heterocycles. The monoisotopic (exact) mass is 531 g/mol. The fraction of sp³-hybridized carbons (Fsp3) is 0.462. The highest BCUT2D eigenvalue weighted by molar-refractivity contribution is 7.90. The summed E-state index contributed by atoms with van der Waals surface area (Å²) in [7, 11) is -3.50. The second-order valence-electron chi connectivity index (χ2n) is 9.60. The average Bonchev–Trinajstić information content (AvgIpc) is 3.59. The molecule has 3 aromatic rings. The molecule has 0 aliphatic carbocycles. The van der Waals surface area contributed by atoms with Crippen LogP contribution in [0, 0.1) is 11.6 Å². The molecule has 5 rings (SSSR count). The van der Waals surface area contributed by atoms with Crippen molar-refractivity contribution in [3.05, 3.63) is 59.8 Å². The van der Waals surface area contributed by atoms with E-state index in [9.17, 15) is 12.8 Å². The lowest BCUT2D eigenvalue weighted by atomic mass is 10.1. The van der Waals surface area contributed by atoms with Crippen LogP contribution in [0.25, 0.3) is 16.9 Å². The molecule has 1 atom stereocenters. The summed E-state index contributed by atoms with van der Waals surface area (Å²) in [4.78, 5) is 4.81. The van der Waals surface area contributed by atoms with Gasteiger partial charge in [-0.2, -0.15) is 0 Å². The highest BCUT2D eigenvalue weighted by Gasteiger charge is 2.27. The molecule has 0 bridgehead atoms. The van der Waals surface area contributed by atoms with Crippen molar-refractivity contribution in [1.29, 1.82) is 0 Å². The third kappa shape index (κ3) is 5.68.